The van der Waals surface area contributed by atoms with Gasteiger partial charge in [-0.2, -0.15) is 9.39 Å². The summed E-state index contributed by atoms with van der Waals surface area (Å²) < 4.78 is 39.9. The van der Waals surface area contributed by atoms with Crippen LogP contribution in [0, 0.1) is 12.3 Å². The van der Waals surface area contributed by atoms with Gasteiger partial charge in [0.25, 0.3) is 5.91 Å². The van der Waals surface area contributed by atoms with Crippen LogP contribution < -0.4 is 9.47 Å². The van der Waals surface area contributed by atoms with E-state index in [1.165, 1.54) is 13.0 Å². The summed E-state index contributed by atoms with van der Waals surface area (Å²) >= 11 is 0.772. The summed E-state index contributed by atoms with van der Waals surface area (Å²) in [6.45, 7) is 4.23. The number of hydrogen-bond donors (Lipinski definition) is 1. The van der Waals surface area contributed by atoms with Crippen LogP contribution >= 0.6 is 11.9 Å². The Morgan fingerprint density at radius 1 is 1.09 bits per heavy atom. The van der Waals surface area contributed by atoms with E-state index in [1.54, 1.807) is 24.3 Å². The number of amidine groups is 3. The van der Waals surface area contributed by atoms with Gasteiger partial charge in [0.15, 0.2) is 0 Å². The number of nitrogens with one attached hydrogen (secondary N) is 1. The Morgan fingerprint density at radius 3 is 2.47 bits per heavy atom. The molecule has 2 aromatic carbocycles. The van der Waals surface area contributed by atoms with Crippen LogP contribution in [-0.4, -0.2) is 54.4 Å². The quantitative estimate of drug-likeness (QED) is 0.352. The maximum Gasteiger partial charge on any atom is 0.283 e. The van der Waals surface area contributed by atoms with E-state index in [1.807, 2.05) is 31.2 Å². The molecule has 1 amide bonds. The average molecular weight is 499 g/mol. The number of ether oxygens (including phenoxy) is 2. The van der Waals surface area contributed by atoms with Crippen molar-refractivity contribution in [3.8, 4) is 11.5 Å². The predicted octanol–water partition coefficient (Wildman–Crippen LogP) is 3.46. The molecule has 2 heterocycles. The SMILES string of the molecule is CCS(=O)(=O)C1=NSC2=NC(=O)/C(=C\c3ccc(OCCOc4cccc(C)c4)cc3)C(=N)N21. The summed E-state index contributed by atoms with van der Waals surface area (Å²) in [7, 11) is -3.68. The Labute approximate surface area is 201 Å². The molecule has 2 aliphatic heterocycles. The molecule has 11 heteroatoms. The number of carbonyl (C=O) groups excluding carboxylic acids is 1. The third-order valence-electron chi connectivity index (χ3n) is 4.95. The fourth-order valence-electron chi connectivity index (χ4n) is 3.18. The maximum absolute atomic E-state index is 12.5. The van der Waals surface area contributed by atoms with Crippen molar-refractivity contribution in [2.24, 2.45) is 9.39 Å². The number of fused-ring (bicyclic) bond motifs is 1. The molecule has 0 aromatic heterocycles. The molecule has 4 rings (SSSR count). The first-order valence-corrected chi connectivity index (χ1v) is 12.8. The molecule has 34 heavy (non-hydrogen) atoms. The van der Waals surface area contributed by atoms with Gasteiger partial charge in [-0.1, -0.05) is 31.2 Å². The van der Waals surface area contributed by atoms with Gasteiger partial charge in [-0.25, -0.2) is 13.3 Å². The van der Waals surface area contributed by atoms with Crippen LogP contribution in [0.5, 0.6) is 11.5 Å². The van der Waals surface area contributed by atoms with E-state index >= 15 is 0 Å². The molecule has 176 valence electrons. The molecule has 0 spiro atoms. The van der Waals surface area contributed by atoms with Crippen molar-refractivity contribution in [2.45, 2.75) is 13.8 Å². The average Bonchev–Trinajstić information content (AvgIpc) is 3.25. The van der Waals surface area contributed by atoms with Gasteiger partial charge in [0.2, 0.25) is 20.2 Å². The zero-order valence-corrected chi connectivity index (χ0v) is 20.1. The van der Waals surface area contributed by atoms with Crippen LogP contribution in [0.1, 0.15) is 18.1 Å². The molecule has 0 fully saturated rings. The van der Waals surface area contributed by atoms with Crippen molar-refractivity contribution in [3.05, 3.63) is 65.2 Å². The summed E-state index contributed by atoms with van der Waals surface area (Å²) in [4.78, 5) is 17.5. The van der Waals surface area contributed by atoms with Crippen molar-refractivity contribution < 1.29 is 22.7 Å². The van der Waals surface area contributed by atoms with Gasteiger partial charge in [0.1, 0.15) is 30.5 Å². The fourth-order valence-corrected chi connectivity index (χ4v) is 5.14. The van der Waals surface area contributed by atoms with Crippen LogP contribution in [0.4, 0.5) is 0 Å². The zero-order valence-electron chi connectivity index (χ0n) is 18.5. The molecular weight excluding hydrogens is 476 g/mol. The lowest BCUT2D eigenvalue weighted by atomic mass is 10.1. The second-order valence-corrected chi connectivity index (χ2v) is 10.3. The number of sulfone groups is 1. The predicted molar refractivity (Wildman–Crippen MR) is 133 cm³/mol. The minimum absolute atomic E-state index is 0.0227. The largest absolute Gasteiger partial charge is 0.490 e. The highest BCUT2D eigenvalue weighted by Crippen LogP contribution is 2.30. The molecular formula is C23H22N4O5S2. The molecule has 1 N–H and O–H groups in total. The molecule has 0 aliphatic carbocycles. The van der Waals surface area contributed by atoms with Crippen LogP contribution in [0.25, 0.3) is 6.08 Å². The maximum atomic E-state index is 12.5. The van der Waals surface area contributed by atoms with Gasteiger partial charge in [0.05, 0.1) is 23.3 Å². The number of hydrogen-bond acceptors (Lipinski definition) is 8. The van der Waals surface area contributed by atoms with Gasteiger partial charge in [-0.05, 0) is 48.4 Å². The lowest BCUT2D eigenvalue weighted by Gasteiger charge is -2.24. The smallest absolute Gasteiger partial charge is 0.283 e. The van der Waals surface area contributed by atoms with E-state index in [9.17, 15) is 13.2 Å². The molecule has 0 bridgehead atoms. The van der Waals surface area contributed by atoms with E-state index in [2.05, 4.69) is 9.39 Å². The van der Waals surface area contributed by atoms with Crippen LogP contribution in [0.3, 0.4) is 0 Å². The highest BCUT2D eigenvalue weighted by Gasteiger charge is 2.42. The third-order valence-corrected chi connectivity index (χ3v) is 7.36. The van der Waals surface area contributed by atoms with Crippen LogP contribution in [0.2, 0.25) is 0 Å². The Balaban J connectivity index is 1.41. The van der Waals surface area contributed by atoms with E-state index in [0.29, 0.717) is 24.5 Å². The zero-order chi connectivity index (χ0) is 24.3. The molecule has 9 nitrogen and oxygen atoms in total. The number of nitrogens with zero attached hydrogens (tertiary/aromatic N) is 3. The third kappa shape index (κ3) is 5.05. The fraction of sp³-hybridized carbons (Fsp3) is 0.217. The first-order valence-electron chi connectivity index (χ1n) is 10.4. The number of amides is 1. The van der Waals surface area contributed by atoms with Crippen molar-refractivity contribution in [3.63, 3.8) is 0 Å². The van der Waals surface area contributed by atoms with E-state index in [0.717, 1.165) is 28.2 Å². The highest BCUT2D eigenvalue weighted by atomic mass is 32.2. The first kappa shape index (κ1) is 23.7. The van der Waals surface area contributed by atoms with E-state index < -0.39 is 15.7 Å². The number of aryl methyl sites for hydroxylation is 1. The van der Waals surface area contributed by atoms with Crippen LogP contribution in [-0.2, 0) is 14.6 Å². The van der Waals surface area contributed by atoms with E-state index in [-0.39, 0.29) is 27.5 Å². The molecule has 0 radical (unpaired) electrons. The second kappa shape index (κ2) is 9.82. The molecule has 0 unspecified atom stereocenters. The minimum Gasteiger partial charge on any atom is -0.490 e. The Hall–Kier alpha value is -3.44. The summed E-state index contributed by atoms with van der Waals surface area (Å²) in [5.74, 6) is 0.340. The summed E-state index contributed by atoms with van der Waals surface area (Å²) in [6, 6.07) is 14.7. The number of benzene rings is 2. The molecule has 2 aromatic rings. The standard InChI is InChI=1S/C23H22N4O5S2/c1-3-34(29,30)23-26-33-22-25-21(28)19(20(24)27(22)23)14-16-7-9-17(10-8-16)31-11-12-32-18-6-4-5-15(2)13-18/h4-10,13-14,24H,3,11-12H2,1-2H3/b19-14-,24-20?. The topological polar surface area (TPSA) is 121 Å². The van der Waals surface area contributed by atoms with Crippen LogP contribution in [0.15, 0.2) is 63.5 Å². The van der Waals surface area contributed by atoms with Crippen molar-refractivity contribution in [1.82, 2.24) is 4.90 Å². The molecule has 0 saturated carbocycles. The second-order valence-electron chi connectivity index (χ2n) is 7.39. The molecule has 0 saturated heterocycles. The van der Waals surface area contributed by atoms with Crippen molar-refractivity contribution in [2.75, 3.05) is 19.0 Å². The van der Waals surface area contributed by atoms with Gasteiger partial charge in [-0.15, -0.1) is 0 Å². The minimum atomic E-state index is -3.68. The number of rotatable bonds is 7. The van der Waals surface area contributed by atoms with E-state index in [4.69, 9.17) is 14.9 Å². The number of aliphatic imine (C=N–C) groups is 1. The summed E-state index contributed by atoms with van der Waals surface area (Å²) in [5, 5.41) is 8.22. The Morgan fingerprint density at radius 2 is 1.79 bits per heavy atom. The molecule has 0 atom stereocenters. The van der Waals surface area contributed by atoms with Gasteiger partial charge < -0.3 is 9.47 Å². The normalized spacial score (nSPS) is 16.9. The summed E-state index contributed by atoms with van der Waals surface area (Å²) in [5.41, 5.74) is 1.73. The highest BCUT2D eigenvalue weighted by molar-refractivity contribution is 8.16. The lowest BCUT2D eigenvalue weighted by Crippen LogP contribution is -2.45. The Bertz CT molecular complexity index is 1330. The van der Waals surface area contributed by atoms with Crippen molar-refractivity contribution >= 4 is 49.9 Å². The lowest BCUT2D eigenvalue weighted by molar-refractivity contribution is -0.114. The first-order chi connectivity index (χ1) is 16.3. The van der Waals surface area contributed by atoms with Crippen molar-refractivity contribution in [1.29, 1.82) is 5.41 Å². The summed E-state index contributed by atoms with van der Waals surface area (Å²) in [6.07, 6.45) is 1.49. The van der Waals surface area contributed by atoms with Gasteiger partial charge >= 0.3 is 0 Å². The molecule has 2 aliphatic rings. The monoisotopic (exact) mass is 498 g/mol. The Kier molecular flexibility index (Phi) is 6.85. The van der Waals surface area contributed by atoms with Gasteiger partial charge in [-0.3, -0.25) is 10.2 Å². The van der Waals surface area contributed by atoms with Gasteiger partial charge in [0, 0.05) is 0 Å². The number of carbonyl (C=O) groups is 1.